The van der Waals surface area contributed by atoms with Crippen molar-refractivity contribution >= 4 is 31.9 Å². The Balaban J connectivity index is 2.14. The summed E-state index contributed by atoms with van der Waals surface area (Å²) in [6, 6.07) is 1.79. The van der Waals surface area contributed by atoms with Crippen molar-refractivity contribution in [1.82, 2.24) is 14.5 Å². The molecule has 0 bridgehead atoms. The number of aliphatic hydroxyl groups is 1. The van der Waals surface area contributed by atoms with Gasteiger partial charge in [0.25, 0.3) is 0 Å². The van der Waals surface area contributed by atoms with Gasteiger partial charge in [0.1, 0.15) is 4.60 Å². The molecule has 4 nitrogen and oxygen atoms in total. The number of hydrogen-bond acceptors (Lipinski definition) is 3. The highest BCUT2D eigenvalue weighted by atomic mass is 79.9. The van der Waals surface area contributed by atoms with E-state index in [1.807, 2.05) is 10.8 Å². The van der Waals surface area contributed by atoms with Crippen LogP contribution in [0.2, 0.25) is 0 Å². The Morgan fingerprint density at radius 3 is 2.88 bits per heavy atom. The molecule has 6 heteroatoms. The predicted octanol–water partition coefficient (Wildman–Crippen LogP) is 2.54. The fraction of sp³-hybridized carbons (Fsp3) is 0.200. The third kappa shape index (κ3) is 2.69. The third-order valence-corrected chi connectivity index (χ3v) is 3.22. The van der Waals surface area contributed by atoms with Crippen LogP contribution < -0.4 is 0 Å². The molecule has 84 valence electrons. The molecule has 2 rings (SSSR count). The number of halogens is 2. The second kappa shape index (κ2) is 5.07. The topological polar surface area (TPSA) is 50.9 Å². The molecule has 0 aliphatic heterocycles. The van der Waals surface area contributed by atoms with Gasteiger partial charge in [-0.3, -0.25) is 4.98 Å². The monoisotopic (exact) mass is 345 g/mol. The summed E-state index contributed by atoms with van der Waals surface area (Å²) in [5.74, 6) is 0. The lowest BCUT2D eigenvalue weighted by Gasteiger charge is -2.12. The van der Waals surface area contributed by atoms with E-state index in [2.05, 4.69) is 41.8 Å². The Morgan fingerprint density at radius 1 is 1.44 bits per heavy atom. The summed E-state index contributed by atoms with van der Waals surface area (Å²) in [4.78, 5) is 7.98. The maximum Gasteiger partial charge on any atom is 0.124 e. The molecule has 0 amide bonds. The first-order valence-electron chi connectivity index (χ1n) is 4.61. The quantitative estimate of drug-likeness (QED) is 0.929. The van der Waals surface area contributed by atoms with Crippen LogP contribution in [0, 0.1) is 0 Å². The van der Waals surface area contributed by atoms with Crippen LogP contribution in [0.1, 0.15) is 11.7 Å². The molecule has 0 aromatic carbocycles. The summed E-state index contributed by atoms with van der Waals surface area (Å²) in [5.41, 5.74) is 0.819. The van der Waals surface area contributed by atoms with Crippen molar-refractivity contribution in [2.45, 2.75) is 12.6 Å². The van der Waals surface area contributed by atoms with Gasteiger partial charge in [0.15, 0.2) is 0 Å². The van der Waals surface area contributed by atoms with Gasteiger partial charge < -0.3 is 9.67 Å². The van der Waals surface area contributed by atoms with Gasteiger partial charge in [0, 0.05) is 23.1 Å². The van der Waals surface area contributed by atoms with E-state index in [1.54, 1.807) is 24.8 Å². The van der Waals surface area contributed by atoms with Crippen LogP contribution in [0.5, 0.6) is 0 Å². The highest BCUT2D eigenvalue weighted by Crippen LogP contribution is 2.23. The SMILES string of the molecule is OC(Cn1cnc(Br)c1)c1ccncc1Br. The van der Waals surface area contributed by atoms with E-state index in [4.69, 9.17) is 0 Å². The average Bonchev–Trinajstić information content (AvgIpc) is 2.64. The number of rotatable bonds is 3. The Labute approximate surface area is 110 Å². The Bertz CT molecular complexity index is 486. The molecule has 0 aliphatic rings. The van der Waals surface area contributed by atoms with Gasteiger partial charge in [-0.2, -0.15) is 0 Å². The third-order valence-electron chi connectivity index (χ3n) is 2.15. The molecule has 2 aromatic heterocycles. The number of imidazole rings is 1. The van der Waals surface area contributed by atoms with Crippen LogP contribution in [-0.4, -0.2) is 19.6 Å². The lowest BCUT2D eigenvalue weighted by atomic mass is 10.1. The number of aromatic nitrogens is 3. The lowest BCUT2D eigenvalue weighted by molar-refractivity contribution is 0.155. The highest BCUT2D eigenvalue weighted by Gasteiger charge is 2.11. The van der Waals surface area contributed by atoms with Gasteiger partial charge in [0.05, 0.1) is 19.0 Å². The van der Waals surface area contributed by atoms with E-state index < -0.39 is 6.10 Å². The number of nitrogens with zero attached hydrogens (tertiary/aromatic N) is 3. The lowest BCUT2D eigenvalue weighted by Crippen LogP contribution is -2.07. The molecule has 2 heterocycles. The standard InChI is InChI=1S/C10H9Br2N3O/c11-8-3-13-2-1-7(8)9(16)4-15-5-10(12)14-6-15/h1-3,5-6,9,16H,4H2. The summed E-state index contributed by atoms with van der Waals surface area (Å²) in [7, 11) is 0. The minimum atomic E-state index is -0.585. The second-order valence-electron chi connectivity index (χ2n) is 3.31. The van der Waals surface area contributed by atoms with E-state index >= 15 is 0 Å². The van der Waals surface area contributed by atoms with E-state index in [1.165, 1.54) is 0 Å². The number of hydrogen-bond donors (Lipinski definition) is 1. The summed E-state index contributed by atoms with van der Waals surface area (Å²) >= 11 is 6.62. The molecule has 0 saturated heterocycles. The van der Waals surface area contributed by atoms with E-state index in [0.29, 0.717) is 6.54 Å². The number of pyridine rings is 1. The zero-order valence-electron chi connectivity index (χ0n) is 8.22. The van der Waals surface area contributed by atoms with E-state index in [-0.39, 0.29) is 0 Å². The molecule has 0 fully saturated rings. The van der Waals surface area contributed by atoms with Gasteiger partial charge in [-0.05, 0) is 43.5 Å². The molecule has 0 saturated carbocycles. The first kappa shape index (κ1) is 11.8. The smallest absolute Gasteiger partial charge is 0.124 e. The zero-order chi connectivity index (χ0) is 11.5. The molecule has 0 spiro atoms. The molecule has 1 atom stereocenters. The second-order valence-corrected chi connectivity index (χ2v) is 4.97. The van der Waals surface area contributed by atoms with Crippen LogP contribution in [0.3, 0.4) is 0 Å². The number of aliphatic hydroxyl groups excluding tert-OH is 1. The van der Waals surface area contributed by atoms with Gasteiger partial charge in [-0.15, -0.1) is 0 Å². The van der Waals surface area contributed by atoms with Crippen LogP contribution in [0.4, 0.5) is 0 Å². The molecular weight excluding hydrogens is 338 g/mol. The van der Waals surface area contributed by atoms with E-state index in [0.717, 1.165) is 14.6 Å². The molecule has 1 N–H and O–H groups in total. The van der Waals surface area contributed by atoms with Crippen molar-refractivity contribution < 1.29 is 5.11 Å². The van der Waals surface area contributed by atoms with Gasteiger partial charge in [-0.1, -0.05) is 0 Å². The van der Waals surface area contributed by atoms with Crippen LogP contribution >= 0.6 is 31.9 Å². The zero-order valence-corrected chi connectivity index (χ0v) is 11.4. The van der Waals surface area contributed by atoms with Crippen LogP contribution in [0.15, 0.2) is 40.1 Å². The molecule has 16 heavy (non-hydrogen) atoms. The first-order chi connectivity index (χ1) is 7.66. The van der Waals surface area contributed by atoms with Crippen molar-refractivity contribution in [3.05, 3.63) is 45.6 Å². The fourth-order valence-electron chi connectivity index (χ4n) is 1.39. The molecule has 0 radical (unpaired) electrons. The van der Waals surface area contributed by atoms with Crippen LogP contribution in [-0.2, 0) is 6.54 Å². The Hall–Kier alpha value is -0.720. The van der Waals surface area contributed by atoms with Crippen molar-refractivity contribution in [1.29, 1.82) is 0 Å². The average molecular weight is 347 g/mol. The summed E-state index contributed by atoms with van der Waals surface area (Å²) in [5, 5.41) is 10.0. The largest absolute Gasteiger partial charge is 0.386 e. The fourth-order valence-corrected chi connectivity index (χ4v) is 2.26. The van der Waals surface area contributed by atoms with Gasteiger partial charge in [0.2, 0.25) is 0 Å². The summed E-state index contributed by atoms with van der Waals surface area (Å²) < 4.78 is 3.39. The molecular formula is C10H9Br2N3O. The van der Waals surface area contributed by atoms with Crippen molar-refractivity contribution in [3.8, 4) is 0 Å². The Kier molecular flexibility index (Phi) is 3.73. The molecule has 2 aromatic rings. The highest BCUT2D eigenvalue weighted by molar-refractivity contribution is 9.10. The van der Waals surface area contributed by atoms with Crippen molar-refractivity contribution in [3.63, 3.8) is 0 Å². The molecule has 0 aliphatic carbocycles. The minimum Gasteiger partial charge on any atom is -0.386 e. The maximum absolute atomic E-state index is 10.0. The molecule has 1 unspecified atom stereocenters. The van der Waals surface area contributed by atoms with Crippen LogP contribution in [0.25, 0.3) is 0 Å². The normalized spacial score (nSPS) is 12.7. The summed E-state index contributed by atoms with van der Waals surface area (Å²) in [6.45, 7) is 0.460. The van der Waals surface area contributed by atoms with Crippen molar-refractivity contribution in [2.24, 2.45) is 0 Å². The van der Waals surface area contributed by atoms with Crippen molar-refractivity contribution in [2.75, 3.05) is 0 Å². The van der Waals surface area contributed by atoms with Gasteiger partial charge in [-0.25, -0.2) is 4.98 Å². The maximum atomic E-state index is 10.0. The first-order valence-corrected chi connectivity index (χ1v) is 6.20. The Morgan fingerprint density at radius 2 is 2.25 bits per heavy atom. The van der Waals surface area contributed by atoms with E-state index in [9.17, 15) is 5.11 Å². The minimum absolute atomic E-state index is 0.460. The van der Waals surface area contributed by atoms with Gasteiger partial charge >= 0.3 is 0 Å². The predicted molar refractivity (Wildman–Crippen MR) is 66.8 cm³/mol. The summed E-state index contributed by atoms with van der Waals surface area (Å²) in [6.07, 6.45) is 6.23.